The second-order valence-electron chi connectivity index (χ2n) is 5.21. The molecule has 0 bridgehead atoms. The topological polar surface area (TPSA) is 63.1 Å². The number of hydrogen-bond acceptors (Lipinski definition) is 2. The number of nitrogens with zero attached hydrogens (tertiary/aromatic N) is 1. The lowest BCUT2D eigenvalue weighted by Gasteiger charge is -2.14. The number of rotatable bonds is 6. The van der Waals surface area contributed by atoms with Gasteiger partial charge in [-0.3, -0.25) is 9.59 Å². The van der Waals surface area contributed by atoms with Crippen molar-refractivity contribution in [1.29, 1.82) is 0 Å². The molecule has 1 aromatic rings. The average Bonchev–Trinajstić information content (AvgIpc) is 3.12. The summed E-state index contributed by atoms with van der Waals surface area (Å²) >= 11 is 3.38. The summed E-state index contributed by atoms with van der Waals surface area (Å²) in [6.07, 6.45) is 4.91. The third-order valence-electron chi connectivity index (χ3n) is 3.22. The molecule has 2 amide bonds. The third-order valence-corrected chi connectivity index (χ3v) is 3.66. The highest BCUT2D eigenvalue weighted by Crippen LogP contribution is 2.19. The summed E-state index contributed by atoms with van der Waals surface area (Å²) in [5.41, 5.74) is 0.574. The van der Waals surface area contributed by atoms with E-state index in [1.165, 1.54) is 0 Å². The van der Waals surface area contributed by atoms with Crippen LogP contribution in [0.1, 0.15) is 43.6 Å². The summed E-state index contributed by atoms with van der Waals surface area (Å²) in [4.78, 5) is 24.1. The molecule has 0 radical (unpaired) electrons. The number of aromatic nitrogens is 1. The number of amides is 2. The zero-order valence-corrected chi connectivity index (χ0v) is 13.4. The largest absolute Gasteiger partial charge is 0.352 e. The minimum Gasteiger partial charge on any atom is -0.352 e. The molecule has 2 rings (SSSR count). The minimum atomic E-state index is -0.521. The molecule has 1 aromatic heterocycles. The zero-order chi connectivity index (χ0) is 14.7. The predicted octanol–water partition coefficient (Wildman–Crippen LogP) is 2.06. The standard InChI is InChI=1S/C14H20BrN3O2/c1-3-6-18-8-10(15)7-12(18)14(20)16-9(2)13(19)17-11-4-5-11/h7-9,11H,3-6H2,1-2H3,(H,16,20)(H,17,19). The molecule has 1 saturated carbocycles. The summed E-state index contributed by atoms with van der Waals surface area (Å²) < 4.78 is 2.76. The fraction of sp³-hybridized carbons (Fsp3) is 0.571. The van der Waals surface area contributed by atoms with Crippen molar-refractivity contribution in [2.45, 2.75) is 51.7 Å². The molecule has 1 unspecified atom stereocenters. The van der Waals surface area contributed by atoms with Gasteiger partial charge in [-0.2, -0.15) is 0 Å². The van der Waals surface area contributed by atoms with Gasteiger partial charge >= 0.3 is 0 Å². The Morgan fingerprint density at radius 2 is 2.20 bits per heavy atom. The fourth-order valence-electron chi connectivity index (χ4n) is 1.98. The van der Waals surface area contributed by atoms with Gasteiger partial charge in [0, 0.05) is 23.3 Å². The van der Waals surface area contributed by atoms with Crippen LogP contribution >= 0.6 is 15.9 Å². The van der Waals surface area contributed by atoms with Crippen molar-refractivity contribution in [3.8, 4) is 0 Å². The van der Waals surface area contributed by atoms with E-state index in [4.69, 9.17) is 0 Å². The summed E-state index contributed by atoms with van der Waals surface area (Å²) in [7, 11) is 0. The van der Waals surface area contributed by atoms with Crippen LogP contribution in [-0.4, -0.2) is 28.5 Å². The van der Waals surface area contributed by atoms with Crippen molar-refractivity contribution in [2.24, 2.45) is 0 Å². The SMILES string of the molecule is CCCn1cc(Br)cc1C(=O)NC(C)C(=O)NC1CC1. The number of carbonyl (C=O) groups is 2. The molecule has 0 aromatic carbocycles. The van der Waals surface area contributed by atoms with Gasteiger partial charge in [0.1, 0.15) is 11.7 Å². The summed E-state index contributed by atoms with van der Waals surface area (Å²) in [6, 6.07) is 1.56. The van der Waals surface area contributed by atoms with Gasteiger partial charge in [0.15, 0.2) is 0 Å². The molecule has 110 valence electrons. The van der Waals surface area contributed by atoms with Gasteiger partial charge in [0.25, 0.3) is 5.91 Å². The molecule has 6 heteroatoms. The molecular weight excluding hydrogens is 322 g/mol. The third kappa shape index (κ3) is 3.85. The Bertz CT molecular complexity index is 509. The predicted molar refractivity (Wildman–Crippen MR) is 80.5 cm³/mol. The maximum Gasteiger partial charge on any atom is 0.268 e. The molecule has 1 aliphatic rings. The molecule has 5 nitrogen and oxygen atoms in total. The molecule has 1 fully saturated rings. The van der Waals surface area contributed by atoms with Crippen LogP contribution in [0.3, 0.4) is 0 Å². The van der Waals surface area contributed by atoms with Crippen LogP contribution in [0.2, 0.25) is 0 Å². The van der Waals surface area contributed by atoms with E-state index in [1.807, 2.05) is 10.8 Å². The average molecular weight is 342 g/mol. The Morgan fingerprint density at radius 3 is 2.80 bits per heavy atom. The molecule has 0 saturated heterocycles. The normalized spacial score (nSPS) is 15.8. The molecule has 0 aliphatic heterocycles. The van der Waals surface area contributed by atoms with Gasteiger partial charge in [0.05, 0.1) is 0 Å². The first-order valence-electron chi connectivity index (χ1n) is 6.98. The Kier molecular flexibility index (Phi) is 4.86. The van der Waals surface area contributed by atoms with Crippen LogP contribution in [0.15, 0.2) is 16.7 Å². The molecule has 0 spiro atoms. The summed E-state index contributed by atoms with van der Waals surface area (Å²) in [6.45, 7) is 4.54. The van der Waals surface area contributed by atoms with Crippen LogP contribution in [-0.2, 0) is 11.3 Å². The summed E-state index contributed by atoms with van der Waals surface area (Å²) in [5, 5.41) is 5.63. The number of nitrogens with one attached hydrogen (secondary N) is 2. The lowest BCUT2D eigenvalue weighted by molar-refractivity contribution is -0.122. The second kappa shape index (κ2) is 6.43. The van der Waals surface area contributed by atoms with Crippen molar-refractivity contribution in [2.75, 3.05) is 0 Å². The molecule has 20 heavy (non-hydrogen) atoms. The lowest BCUT2D eigenvalue weighted by Crippen LogP contribution is -2.45. The maximum atomic E-state index is 12.2. The van der Waals surface area contributed by atoms with Crippen LogP contribution in [0.4, 0.5) is 0 Å². The van der Waals surface area contributed by atoms with E-state index >= 15 is 0 Å². The Hall–Kier alpha value is -1.30. The van der Waals surface area contributed by atoms with Crippen molar-refractivity contribution >= 4 is 27.7 Å². The quantitative estimate of drug-likeness (QED) is 0.831. The van der Waals surface area contributed by atoms with Gasteiger partial charge < -0.3 is 15.2 Å². The highest BCUT2D eigenvalue weighted by molar-refractivity contribution is 9.10. The fourth-order valence-corrected chi connectivity index (χ4v) is 2.45. The monoisotopic (exact) mass is 341 g/mol. The maximum absolute atomic E-state index is 12.2. The molecule has 1 atom stereocenters. The van der Waals surface area contributed by atoms with E-state index < -0.39 is 6.04 Å². The van der Waals surface area contributed by atoms with Crippen molar-refractivity contribution in [3.63, 3.8) is 0 Å². The van der Waals surface area contributed by atoms with Crippen LogP contribution in [0.5, 0.6) is 0 Å². The van der Waals surface area contributed by atoms with E-state index in [1.54, 1.807) is 13.0 Å². The van der Waals surface area contributed by atoms with Crippen LogP contribution in [0.25, 0.3) is 0 Å². The molecule has 1 aliphatic carbocycles. The van der Waals surface area contributed by atoms with Crippen molar-refractivity contribution in [3.05, 3.63) is 22.4 Å². The second-order valence-corrected chi connectivity index (χ2v) is 6.13. The van der Waals surface area contributed by atoms with Gasteiger partial charge in [-0.15, -0.1) is 0 Å². The summed E-state index contributed by atoms with van der Waals surface area (Å²) in [5.74, 6) is -0.337. The highest BCUT2D eigenvalue weighted by atomic mass is 79.9. The van der Waals surface area contributed by atoms with Gasteiger partial charge in [0.2, 0.25) is 5.91 Å². The highest BCUT2D eigenvalue weighted by Gasteiger charge is 2.26. The minimum absolute atomic E-state index is 0.117. The smallest absolute Gasteiger partial charge is 0.268 e. The van der Waals surface area contributed by atoms with E-state index in [0.29, 0.717) is 11.7 Å². The first kappa shape index (κ1) is 15.1. The Balaban J connectivity index is 1.97. The van der Waals surface area contributed by atoms with E-state index in [9.17, 15) is 9.59 Å². The van der Waals surface area contributed by atoms with Crippen LogP contribution in [0, 0.1) is 0 Å². The number of halogens is 1. The van der Waals surface area contributed by atoms with E-state index in [2.05, 4.69) is 33.5 Å². The van der Waals surface area contributed by atoms with Crippen LogP contribution < -0.4 is 10.6 Å². The number of hydrogen-bond donors (Lipinski definition) is 2. The number of aryl methyl sites for hydroxylation is 1. The first-order chi connectivity index (χ1) is 9.51. The van der Waals surface area contributed by atoms with E-state index in [-0.39, 0.29) is 11.8 Å². The lowest BCUT2D eigenvalue weighted by atomic mass is 10.3. The first-order valence-corrected chi connectivity index (χ1v) is 7.77. The number of carbonyl (C=O) groups excluding carboxylic acids is 2. The molecule has 2 N–H and O–H groups in total. The van der Waals surface area contributed by atoms with Crippen molar-refractivity contribution in [1.82, 2.24) is 15.2 Å². The molecule has 1 heterocycles. The Labute approximate surface area is 127 Å². The Morgan fingerprint density at radius 1 is 1.50 bits per heavy atom. The van der Waals surface area contributed by atoms with Crippen molar-refractivity contribution < 1.29 is 9.59 Å². The van der Waals surface area contributed by atoms with E-state index in [0.717, 1.165) is 30.3 Å². The molecular formula is C14H20BrN3O2. The van der Waals surface area contributed by atoms with Gasteiger partial charge in [-0.1, -0.05) is 6.92 Å². The van der Waals surface area contributed by atoms with Gasteiger partial charge in [-0.05, 0) is 48.2 Å². The van der Waals surface area contributed by atoms with Gasteiger partial charge in [-0.25, -0.2) is 0 Å². The zero-order valence-electron chi connectivity index (χ0n) is 11.8.